The SMILES string of the molecule is COC(=O)c1cccc(NS(=O)(=O)c2ccc(C)cc2)c1. The zero-order valence-corrected chi connectivity index (χ0v) is 12.5. The van der Waals surface area contributed by atoms with Crippen LogP contribution in [0.15, 0.2) is 53.4 Å². The Morgan fingerprint density at radius 3 is 2.38 bits per heavy atom. The van der Waals surface area contributed by atoms with Crippen LogP contribution >= 0.6 is 0 Å². The third-order valence-electron chi connectivity index (χ3n) is 2.87. The molecule has 0 heterocycles. The number of anilines is 1. The van der Waals surface area contributed by atoms with Crippen LogP contribution in [0.5, 0.6) is 0 Å². The van der Waals surface area contributed by atoms with Crippen molar-refractivity contribution in [2.75, 3.05) is 11.8 Å². The maximum Gasteiger partial charge on any atom is 0.337 e. The van der Waals surface area contributed by atoms with Crippen LogP contribution in [0.2, 0.25) is 0 Å². The first-order valence-electron chi connectivity index (χ1n) is 6.20. The fourth-order valence-electron chi connectivity index (χ4n) is 1.76. The quantitative estimate of drug-likeness (QED) is 0.881. The number of methoxy groups -OCH3 is 1. The Hall–Kier alpha value is -2.34. The summed E-state index contributed by atoms with van der Waals surface area (Å²) in [6.45, 7) is 1.88. The highest BCUT2D eigenvalue weighted by Crippen LogP contribution is 2.18. The van der Waals surface area contributed by atoms with Gasteiger partial charge in [0.2, 0.25) is 0 Å². The fraction of sp³-hybridized carbons (Fsp3) is 0.133. The van der Waals surface area contributed by atoms with E-state index in [-0.39, 0.29) is 10.5 Å². The van der Waals surface area contributed by atoms with E-state index in [9.17, 15) is 13.2 Å². The van der Waals surface area contributed by atoms with Crippen molar-refractivity contribution >= 4 is 21.7 Å². The van der Waals surface area contributed by atoms with Gasteiger partial charge in [0.05, 0.1) is 17.6 Å². The van der Waals surface area contributed by atoms with Crippen LogP contribution in [0.25, 0.3) is 0 Å². The average Bonchev–Trinajstić information content (AvgIpc) is 2.46. The summed E-state index contributed by atoms with van der Waals surface area (Å²) in [6, 6.07) is 12.6. The van der Waals surface area contributed by atoms with Gasteiger partial charge in [0.15, 0.2) is 0 Å². The van der Waals surface area contributed by atoms with Crippen molar-refractivity contribution in [1.82, 2.24) is 0 Å². The molecule has 0 saturated heterocycles. The molecule has 0 aliphatic carbocycles. The van der Waals surface area contributed by atoms with Crippen LogP contribution in [0.1, 0.15) is 15.9 Å². The molecule has 2 aromatic carbocycles. The van der Waals surface area contributed by atoms with Crippen LogP contribution in [0.4, 0.5) is 5.69 Å². The molecular formula is C15H15NO4S. The molecule has 21 heavy (non-hydrogen) atoms. The third kappa shape index (κ3) is 3.61. The second-order valence-electron chi connectivity index (χ2n) is 4.49. The van der Waals surface area contributed by atoms with Crippen LogP contribution < -0.4 is 4.72 Å². The molecule has 0 fully saturated rings. The van der Waals surface area contributed by atoms with Gasteiger partial charge in [-0.05, 0) is 37.3 Å². The minimum absolute atomic E-state index is 0.163. The van der Waals surface area contributed by atoms with Crippen molar-refractivity contribution in [3.8, 4) is 0 Å². The molecule has 0 aliphatic rings. The van der Waals surface area contributed by atoms with Gasteiger partial charge < -0.3 is 4.74 Å². The van der Waals surface area contributed by atoms with E-state index in [2.05, 4.69) is 9.46 Å². The van der Waals surface area contributed by atoms with E-state index in [0.717, 1.165) is 5.56 Å². The second-order valence-corrected chi connectivity index (χ2v) is 6.17. The molecule has 0 aromatic heterocycles. The van der Waals surface area contributed by atoms with Crippen LogP contribution in [0.3, 0.4) is 0 Å². The predicted octanol–water partition coefficient (Wildman–Crippen LogP) is 2.58. The molecule has 0 saturated carbocycles. The number of ether oxygens (including phenoxy) is 1. The van der Waals surface area contributed by atoms with Crippen molar-refractivity contribution in [2.24, 2.45) is 0 Å². The summed E-state index contributed by atoms with van der Waals surface area (Å²) in [5.74, 6) is -0.522. The Morgan fingerprint density at radius 2 is 1.76 bits per heavy atom. The average molecular weight is 305 g/mol. The van der Waals surface area contributed by atoms with E-state index in [0.29, 0.717) is 5.69 Å². The number of esters is 1. The fourth-order valence-corrected chi connectivity index (χ4v) is 2.81. The number of nitrogens with one attached hydrogen (secondary N) is 1. The number of benzene rings is 2. The third-order valence-corrected chi connectivity index (χ3v) is 4.26. The molecule has 0 atom stereocenters. The number of carbonyl (C=O) groups is 1. The highest BCUT2D eigenvalue weighted by molar-refractivity contribution is 7.92. The molecular weight excluding hydrogens is 290 g/mol. The second kappa shape index (κ2) is 5.97. The highest BCUT2D eigenvalue weighted by atomic mass is 32.2. The van der Waals surface area contributed by atoms with Crippen LogP contribution in [-0.2, 0) is 14.8 Å². The molecule has 0 radical (unpaired) electrons. The van der Waals surface area contributed by atoms with Crippen molar-refractivity contribution in [1.29, 1.82) is 0 Å². The summed E-state index contributed by atoms with van der Waals surface area (Å²) >= 11 is 0. The Morgan fingerprint density at radius 1 is 1.10 bits per heavy atom. The first kappa shape index (κ1) is 15.1. The van der Waals surface area contributed by atoms with Gasteiger partial charge in [-0.1, -0.05) is 23.8 Å². The molecule has 0 spiro atoms. The van der Waals surface area contributed by atoms with Gasteiger partial charge in [0.1, 0.15) is 0 Å². The normalized spacial score (nSPS) is 11.0. The van der Waals surface area contributed by atoms with Gasteiger partial charge in [-0.25, -0.2) is 13.2 Å². The molecule has 2 aromatic rings. The highest BCUT2D eigenvalue weighted by Gasteiger charge is 2.15. The molecule has 0 bridgehead atoms. The number of hydrogen-bond donors (Lipinski definition) is 1. The smallest absolute Gasteiger partial charge is 0.337 e. The lowest BCUT2D eigenvalue weighted by atomic mass is 10.2. The monoisotopic (exact) mass is 305 g/mol. The van der Waals surface area contributed by atoms with E-state index >= 15 is 0 Å². The number of rotatable bonds is 4. The van der Waals surface area contributed by atoms with Gasteiger partial charge >= 0.3 is 5.97 Å². The molecule has 6 heteroatoms. The lowest BCUT2D eigenvalue weighted by Gasteiger charge is -2.09. The number of sulfonamides is 1. The maximum absolute atomic E-state index is 12.2. The molecule has 0 amide bonds. The molecule has 0 unspecified atom stereocenters. The first-order valence-corrected chi connectivity index (χ1v) is 7.68. The van der Waals surface area contributed by atoms with Crippen molar-refractivity contribution in [3.05, 3.63) is 59.7 Å². The Kier molecular flexibility index (Phi) is 4.28. The number of aryl methyl sites for hydroxylation is 1. The van der Waals surface area contributed by atoms with Crippen LogP contribution in [-0.4, -0.2) is 21.5 Å². The first-order chi connectivity index (χ1) is 9.92. The van der Waals surface area contributed by atoms with E-state index in [1.165, 1.54) is 25.3 Å². The summed E-state index contributed by atoms with van der Waals surface area (Å²) < 4.78 is 31.5. The Labute approximate surface area is 123 Å². The number of hydrogen-bond acceptors (Lipinski definition) is 4. The van der Waals surface area contributed by atoms with Crippen molar-refractivity contribution in [3.63, 3.8) is 0 Å². The molecule has 5 nitrogen and oxygen atoms in total. The molecule has 0 aliphatic heterocycles. The maximum atomic E-state index is 12.2. The predicted molar refractivity (Wildman–Crippen MR) is 79.8 cm³/mol. The Balaban J connectivity index is 2.28. The van der Waals surface area contributed by atoms with E-state index in [1.54, 1.807) is 30.3 Å². The summed E-state index contributed by atoms with van der Waals surface area (Å²) in [5.41, 5.74) is 1.56. The molecule has 2 rings (SSSR count). The van der Waals surface area contributed by atoms with E-state index in [1.807, 2.05) is 6.92 Å². The topological polar surface area (TPSA) is 72.5 Å². The minimum Gasteiger partial charge on any atom is -0.465 e. The standard InChI is InChI=1S/C15H15NO4S/c1-11-6-8-14(9-7-11)21(18,19)16-13-5-3-4-12(10-13)15(17)20-2/h3-10,16H,1-2H3. The summed E-state index contributed by atoms with van der Waals surface area (Å²) in [5, 5.41) is 0. The van der Waals surface area contributed by atoms with Gasteiger partial charge in [0.25, 0.3) is 10.0 Å². The van der Waals surface area contributed by atoms with Gasteiger partial charge in [-0.15, -0.1) is 0 Å². The van der Waals surface area contributed by atoms with E-state index in [4.69, 9.17) is 0 Å². The van der Waals surface area contributed by atoms with Crippen molar-refractivity contribution in [2.45, 2.75) is 11.8 Å². The zero-order valence-electron chi connectivity index (χ0n) is 11.7. The number of carbonyl (C=O) groups excluding carboxylic acids is 1. The summed E-state index contributed by atoms with van der Waals surface area (Å²) in [6.07, 6.45) is 0. The lowest BCUT2D eigenvalue weighted by Crippen LogP contribution is -2.13. The molecule has 1 N–H and O–H groups in total. The van der Waals surface area contributed by atoms with E-state index < -0.39 is 16.0 Å². The van der Waals surface area contributed by atoms with Crippen molar-refractivity contribution < 1.29 is 17.9 Å². The lowest BCUT2D eigenvalue weighted by molar-refractivity contribution is 0.0601. The molecule has 110 valence electrons. The van der Waals surface area contributed by atoms with Crippen LogP contribution in [0, 0.1) is 6.92 Å². The zero-order chi connectivity index (χ0) is 15.5. The summed E-state index contributed by atoms with van der Waals surface area (Å²) in [4.78, 5) is 11.6. The largest absolute Gasteiger partial charge is 0.465 e. The van der Waals surface area contributed by atoms with Gasteiger partial charge in [0, 0.05) is 5.69 Å². The van der Waals surface area contributed by atoms with Gasteiger partial charge in [-0.2, -0.15) is 0 Å². The van der Waals surface area contributed by atoms with Gasteiger partial charge in [-0.3, -0.25) is 4.72 Å². The Bertz CT molecular complexity index is 751. The minimum atomic E-state index is -3.68. The summed E-state index contributed by atoms with van der Waals surface area (Å²) in [7, 11) is -2.41.